The van der Waals surface area contributed by atoms with Crippen molar-refractivity contribution in [1.82, 2.24) is 5.32 Å². The third-order valence-electron chi connectivity index (χ3n) is 1.58. The van der Waals surface area contributed by atoms with E-state index in [1.807, 2.05) is 6.26 Å². The Kier molecular flexibility index (Phi) is 3.06. The van der Waals surface area contributed by atoms with Crippen LogP contribution in [0.2, 0.25) is 0 Å². The molecule has 0 bridgehead atoms. The normalized spacial score (nSPS) is 16.9. The third-order valence-corrected chi connectivity index (χ3v) is 2.02. The predicted octanol–water partition coefficient (Wildman–Crippen LogP) is 1.22. The second-order valence-electron chi connectivity index (χ2n) is 2.68. The Bertz CT molecular complexity index is 123. The Morgan fingerprint density at radius 2 is 2.40 bits per heavy atom. The molecule has 0 aromatic heterocycles. The van der Waals surface area contributed by atoms with Crippen LogP contribution in [0.25, 0.3) is 0 Å². The van der Waals surface area contributed by atoms with Gasteiger partial charge in [0, 0.05) is 6.42 Å². The van der Waals surface area contributed by atoms with E-state index in [0.29, 0.717) is 5.92 Å². The summed E-state index contributed by atoms with van der Waals surface area (Å²) in [6.07, 6.45) is 5.25. The molecule has 0 aliphatic heterocycles. The first-order chi connectivity index (χ1) is 4.83. The number of hydrogen-bond donors (Lipinski definition) is 1. The number of hydrogen-bond acceptors (Lipinski definition) is 2. The number of thioether (sulfide) groups is 1. The molecule has 58 valence electrons. The van der Waals surface area contributed by atoms with Crippen molar-refractivity contribution in [3.8, 4) is 0 Å². The van der Waals surface area contributed by atoms with Gasteiger partial charge in [-0.1, -0.05) is 0 Å². The van der Waals surface area contributed by atoms with Gasteiger partial charge in [0.05, 0.1) is 5.88 Å². The SMILES string of the molecule is CSCNC(=O)CC1CC1. The van der Waals surface area contributed by atoms with Gasteiger partial charge in [-0.3, -0.25) is 4.79 Å². The maximum Gasteiger partial charge on any atom is 0.220 e. The average molecular weight is 159 g/mol. The highest BCUT2D eigenvalue weighted by atomic mass is 32.2. The van der Waals surface area contributed by atoms with Gasteiger partial charge in [0.2, 0.25) is 5.91 Å². The molecule has 1 N–H and O–H groups in total. The van der Waals surface area contributed by atoms with Crippen molar-refractivity contribution in [2.24, 2.45) is 5.92 Å². The van der Waals surface area contributed by atoms with Crippen molar-refractivity contribution >= 4 is 17.7 Å². The van der Waals surface area contributed by atoms with Crippen molar-refractivity contribution in [1.29, 1.82) is 0 Å². The number of nitrogens with one attached hydrogen (secondary N) is 1. The quantitative estimate of drug-likeness (QED) is 0.625. The molecular weight excluding hydrogens is 146 g/mol. The van der Waals surface area contributed by atoms with Gasteiger partial charge in [0.15, 0.2) is 0 Å². The molecule has 0 atom stereocenters. The van der Waals surface area contributed by atoms with Gasteiger partial charge < -0.3 is 5.32 Å². The molecule has 0 spiro atoms. The molecule has 0 aromatic carbocycles. The third kappa shape index (κ3) is 3.11. The van der Waals surface area contributed by atoms with Crippen LogP contribution < -0.4 is 5.32 Å². The topological polar surface area (TPSA) is 29.1 Å². The van der Waals surface area contributed by atoms with Gasteiger partial charge in [-0.05, 0) is 25.0 Å². The van der Waals surface area contributed by atoms with Crippen LogP contribution in [0.4, 0.5) is 0 Å². The highest BCUT2D eigenvalue weighted by molar-refractivity contribution is 7.98. The van der Waals surface area contributed by atoms with E-state index in [9.17, 15) is 4.79 Å². The summed E-state index contributed by atoms with van der Waals surface area (Å²) in [6, 6.07) is 0. The van der Waals surface area contributed by atoms with Crippen LogP contribution in [0.1, 0.15) is 19.3 Å². The van der Waals surface area contributed by atoms with E-state index in [2.05, 4.69) is 5.32 Å². The van der Waals surface area contributed by atoms with E-state index >= 15 is 0 Å². The monoisotopic (exact) mass is 159 g/mol. The molecule has 1 fully saturated rings. The molecule has 0 radical (unpaired) electrons. The minimum atomic E-state index is 0.219. The molecule has 1 aliphatic rings. The van der Waals surface area contributed by atoms with E-state index in [0.717, 1.165) is 12.3 Å². The van der Waals surface area contributed by atoms with Gasteiger partial charge in [-0.15, -0.1) is 11.8 Å². The van der Waals surface area contributed by atoms with Gasteiger partial charge in [-0.25, -0.2) is 0 Å². The summed E-state index contributed by atoms with van der Waals surface area (Å²) >= 11 is 1.65. The molecule has 0 saturated heterocycles. The lowest BCUT2D eigenvalue weighted by molar-refractivity contribution is -0.121. The molecular formula is C7H13NOS. The fourth-order valence-corrected chi connectivity index (χ4v) is 1.11. The predicted molar refractivity (Wildman–Crippen MR) is 43.9 cm³/mol. The van der Waals surface area contributed by atoms with Crippen LogP contribution in [0.3, 0.4) is 0 Å². The number of rotatable bonds is 4. The van der Waals surface area contributed by atoms with Crippen LogP contribution in [-0.2, 0) is 4.79 Å². The van der Waals surface area contributed by atoms with E-state index in [1.165, 1.54) is 12.8 Å². The second kappa shape index (κ2) is 3.86. The van der Waals surface area contributed by atoms with E-state index < -0.39 is 0 Å². The molecule has 1 aliphatic carbocycles. The number of carbonyl (C=O) groups is 1. The maximum atomic E-state index is 10.9. The van der Waals surface area contributed by atoms with E-state index in [4.69, 9.17) is 0 Å². The van der Waals surface area contributed by atoms with Crippen molar-refractivity contribution < 1.29 is 4.79 Å². The van der Waals surface area contributed by atoms with Crippen LogP contribution in [0.15, 0.2) is 0 Å². The summed E-state index contributed by atoms with van der Waals surface area (Å²) in [5.41, 5.74) is 0. The largest absolute Gasteiger partial charge is 0.347 e. The molecule has 0 unspecified atom stereocenters. The van der Waals surface area contributed by atoms with E-state index in [1.54, 1.807) is 11.8 Å². The molecule has 1 amide bonds. The highest BCUT2D eigenvalue weighted by Gasteiger charge is 2.23. The lowest BCUT2D eigenvalue weighted by Crippen LogP contribution is -2.22. The molecule has 0 heterocycles. The fraction of sp³-hybridized carbons (Fsp3) is 0.857. The molecule has 0 aromatic rings. The number of carbonyl (C=O) groups excluding carboxylic acids is 1. The average Bonchev–Trinajstić information content (AvgIpc) is 2.67. The Labute approximate surface area is 65.8 Å². The zero-order chi connectivity index (χ0) is 7.40. The zero-order valence-corrected chi connectivity index (χ0v) is 7.04. The second-order valence-corrected chi connectivity index (χ2v) is 3.55. The molecule has 3 heteroatoms. The summed E-state index contributed by atoms with van der Waals surface area (Å²) < 4.78 is 0. The Hall–Kier alpha value is -0.180. The van der Waals surface area contributed by atoms with Crippen LogP contribution >= 0.6 is 11.8 Å². The first-order valence-electron chi connectivity index (χ1n) is 3.58. The van der Waals surface area contributed by atoms with Gasteiger partial charge in [0.1, 0.15) is 0 Å². The summed E-state index contributed by atoms with van der Waals surface area (Å²) in [5.74, 6) is 1.68. The lowest BCUT2D eigenvalue weighted by Gasteiger charge is -1.99. The number of amides is 1. The standard InChI is InChI=1S/C7H13NOS/c1-10-5-8-7(9)4-6-2-3-6/h6H,2-5H2,1H3,(H,8,9). The van der Waals surface area contributed by atoms with Crippen LogP contribution in [0, 0.1) is 5.92 Å². The Morgan fingerprint density at radius 1 is 1.70 bits per heavy atom. The first kappa shape index (κ1) is 7.92. The van der Waals surface area contributed by atoms with Crippen LogP contribution in [0.5, 0.6) is 0 Å². The van der Waals surface area contributed by atoms with Crippen molar-refractivity contribution in [3.63, 3.8) is 0 Å². The lowest BCUT2D eigenvalue weighted by atomic mass is 10.3. The minimum absolute atomic E-state index is 0.219. The summed E-state index contributed by atoms with van der Waals surface area (Å²) in [7, 11) is 0. The van der Waals surface area contributed by atoms with Crippen molar-refractivity contribution in [3.05, 3.63) is 0 Å². The smallest absolute Gasteiger partial charge is 0.220 e. The molecule has 1 saturated carbocycles. The van der Waals surface area contributed by atoms with Crippen molar-refractivity contribution in [2.75, 3.05) is 12.1 Å². The first-order valence-corrected chi connectivity index (χ1v) is 4.98. The fourth-order valence-electron chi connectivity index (χ4n) is 0.809. The Morgan fingerprint density at radius 3 is 2.90 bits per heavy atom. The summed E-state index contributed by atoms with van der Waals surface area (Å²) in [4.78, 5) is 10.9. The van der Waals surface area contributed by atoms with Gasteiger partial charge in [0.25, 0.3) is 0 Å². The highest BCUT2D eigenvalue weighted by Crippen LogP contribution is 2.31. The van der Waals surface area contributed by atoms with Gasteiger partial charge in [-0.2, -0.15) is 0 Å². The maximum absolute atomic E-state index is 10.9. The van der Waals surface area contributed by atoms with Crippen molar-refractivity contribution in [2.45, 2.75) is 19.3 Å². The van der Waals surface area contributed by atoms with Crippen LogP contribution in [-0.4, -0.2) is 18.0 Å². The zero-order valence-electron chi connectivity index (χ0n) is 6.22. The Balaban J connectivity index is 1.97. The molecule has 1 rings (SSSR count). The molecule has 2 nitrogen and oxygen atoms in total. The minimum Gasteiger partial charge on any atom is -0.347 e. The van der Waals surface area contributed by atoms with E-state index in [-0.39, 0.29) is 5.91 Å². The molecule has 10 heavy (non-hydrogen) atoms. The summed E-state index contributed by atoms with van der Waals surface area (Å²) in [5, 5.41) is 2.83. The summed E-state index contributed by atoms with van der Waals surface area (Å²) in [6.45, 7) is 0. The van der Waals surface area contributed by atoms with Gasteiger partial charge >= 0.3 is 0 Å².